The van der Waals surface area contributed by atoms with E-state index in [4.69, 9.17) is 0 Å². The van der Waals surface area contributed by atoms with Gasteiger partial charge in [-0.15, -0.1) is 0 Å². The van der Waals surface area contributed by atoms with Gasteiger partial charge >= 0.3 is 0 Å². The number of fused-ring (bicyclic) bond motifs is 1. The summed E-state index contributed by atoms with van der Waals surface area (Å²) < 4.78 is 1.68. The second kappa shape index (κ2) is 5.54. The number of nitrogens with one attached hydrogen (secondary N) is 1. The lowest BCUT2D eigenvalue weighted by atomic mass is 10.0. The maximum Gasteiger partial charge on any atom is 0.242 e. The second-order valence-electron chi connectivity index (χ2n) is 4.38. The highest BCUT2D eigenvalue weighted by Gasteiger charge is 2.21. The average Bonchev–Trinajstić information content (AvgIpc) is 2.86. The maximum atomic E-state index is 11.9. The van der Waals surface area contributed by atoms with Crippen molar-refractivity contribution in [2.45, 2.75) is 0 Å². The van der Waals surface area contributed by atoms with Gasteiger partial charge in [-0.2, -0.15) is 0 Å². The third-order valence-corrected chi connectivity index (χ3v) is 4.17. The summed E-state index contributed by atoms with van der Waals surface area (Å²) in [5.74, 6) is -0.602. The molecular formula is C15H8Br2N2O2. The largest absolute Gasteiger partial charge is 0.351 e. The molecule has 6 heteroatoms. The molecule has 2 aromatic heterocycles. The third-order valence-electron chi connectivity index (χ3n) is 3.09. The van der Waals surface area contributed by atoms with E-state index < -0.39 is 5.78 Å². The van der Waals surface area contributed by atoms with Crippen LogP contribution in [0.25, 0.3) is 22.2 Å². The Morgan fingerprint density at radius 1 is 1.24 bits per heavy atom. The minimum Gasteiger partial charge on any atom is -0.351 e. The molecule has 0 saturated carbocycles. The number of Topliss-reactive ketones (excluding diaryl/α,β-unsaturated/α-hetero) is 1. The number of aromatic nitrogens is 2. The van der Waals surface area contributed by atoms with E-state index in [1.54, 1.807) is 18.3 Å². The fourth-order valence-corrected chi connectivity index (χ4v) is 3.68. The van der Waals surface area contributed by atoms with Crippen molar-refractivity contribution in [1.29, 1.82) is 0 Å². The fourth-order valence-electron chi connectivity index (χ4n) is 2.26. The van der Waals surface area contributed by atoms with Gasteiger partial charge in [0.05, 0.1) is 5.69 Å². The van der Waals surface area contributed by atoms with E-state index in [1.807, 2.05) is 18.2 Å². The van der Waals surface area contributed by atoms with Gasteiger partial charge in [0.1, 0.15) is 5.69 Å². The van der Waals surface area contributed by atoms with Gasteiger partial charge in [-0.1, -0.05) is 37.9 Å². The molecule has 4 nitrogen and oxygen atoms in total. The average molecular weight is 408 g/mol. The number of H-pyrrole nitrogens is 1. The van der Waals surface area contributed by atoms with E-state index >= 15 is 0 Å². The number of carbonyl (C=O) groups is 2. The van der Waals surface area contributed by atoms with E-state index in [9.17, 15) is 9.59 Å². The zero-order chi connectivity index (χ0) is 15.0. The summed E-state index contributed by atoms with van der Waals surface area (Å²) in [7, 11) is 0. The Hall–Kier alpha value is -1.79. The molecule has 0 bridgehead atoms. The van der Waals surface area contributed by atoms with E-state index in [2.05, 4.69) is 41.8 Å². The topological polar surface area (TPSA) is 62.8 Å². The zero-order valence-electron chi connectivity index (χ0n) is 10.6. The van der Waals surface area contributed by atoms with Crippen molar-refractivity contribution >= 4 is 54.8 Å². The van der Waals surface area contributed by atoms with Crippen LogP contribution in [-0.2, 0) is 4.79 Å². The van der Waals surface area contributed by atoms with Gasteiger partial charge in [0.2, 0.25) is 5.78 Å². The number of ketones is 1. The molecule has 0 aliphatic carbocycles. The summed E-state index contributed by atoms with van der Waals surface area (Å²) in [6.45, 7) is 0. The molecule has 0 spiro atoms. The van der Waals surface area contributed by atoms with Crippen LogP contribution in [0.3, 0.4) is 0 Å². The van der Waals surface area contributed by atoms with Crippen LogP contribution in [0.15, 0.2) is 45.5 Å². The number of hydrogen-bond acceptors (Lipinski definition) is 3. The van der Waals surface area contributed by atoms with Crippen LogP contribution < -0.4 is 0 Å². The zero-order valence-corrected chi connectivity index (χ0v) is 13.7. The van der Waals surface area contributed by atoms with Crippen molar-refractivity contribution in [2.75, 3.05) is 0 Å². The Morgan fingerprint density at radius 2 is 2.05 bits per heavy atom. The molecule has 3 aromatic rings. The summed E-state index contributed by atoms with van der Waals surface area (Å²) in [4.78, 5) is 30.1. The number of pyridine rings is 1. The molecule has 2 heterocycles. The molecule has 1 aromatic carbocycles. The third kappa shape index (κ3) is 2.45. The van der Waals surface area contributed by atoms with Crippen molar-refractivity contribution in [3.63, 3.8) is 0 Å². The predicted octanol–water partition coefficient (Wildman–Crippen LogP) is 4.14. The Bertz CT molecular complexity index is 857. The standard InChI is InChI=1S/C15H8Br2N2O2/c16-8-5-9(17)13-11(6-8)19-15(12(21)7-20)14(13)10-3-1-2-4-18-10/h1-7,19H. The maximum absolute atomic E-state index is 11.9. The van der Waals surface area contributed by atoms with Crippen LogP contribution >= 0.6 is 31.9 Å². The van der Waals surface area contributed by atoms with Gasteiger partial charge in [0.15, 0.2) is 6.29 Å². The first-order valence-corrected chi connectivity index (χ1v) is 7.62. The van der Waals surface area contributed by atoms with Gasteiger partial charge in [-0.3, -0.25) is 14.6 Å². The summed E-state index contributed by atoms with van der Waals surface area (Å²) in [6.07, 6.45) is 1.95. The molecule has 0 saturated heterocycles. The first-order valence-electron chi connectivity index (χ1n) is 6.03. The molecule has 0 amide bonds. The molecule has 0 radical (unpaired) electrons. The van der Waals surface area contributed by atoms with Crippen LogP contribution in [0.4, 0.5) is 0 Å². The molecule has 21 heavy (non-hydrogen) atoms. The Kier molecular flexibility index (Phi) is 3.73. The van der Waals surface area contributed by atoms with E-state index in [-0.39, 0.29) is 5.69 Å². The molecule has 104 valence electrons. The lowest BCUT2D eigenvalue weighted by Gasteiger charge is -2.03. The SMILES string of the molecule is O=CC(=O)c1[nH]c2cc(Br)cc(Br)c2c1-c1ccccn1. The normalized spacial score (nSPS) is 10.8. The number of rotatable bonds is 3. The molecule has 0 atom stereocenters. The Balaban J connectivity index is 2.44. The minimum atomic E-state index is -0.602. The Morgan fingerprint density at radius 3 is 2.71 bits per heavy atom. The molecule has 3 rings (SSSR count). The van der Waals surface area contributed by atoms with Gasteiger partial charge < -0.3 is 4.98 Å². The predicted molar refractivity (Wildman–Crippen MR) is 87.3 cm³/mol. The summed E-state index contributed by atoms with van der Waals surface area (Å²) in [5.41, 5.74) is 2.26. The number of nitrogens with zero attached hydrogens (tertiary/aromatic N) is 1. The monoisotopic (exact) mass is 406 g/mol. The highest BCUT2D eigenvalue weighted by atomic mass is 79.9. The summed E-state index contributed by atoms with van der Waals surface area (Å²) in [6, 6.07) is 9.18. The van der Waals surface area contributed by atoms with Gasteiger partial charge in [0.25, 0.3) is 0 Å². The fraction of sp³-hybridized carbons (Fsp3) is 0. The number of carbonyl (C=O) groups excluding carboxylic acids is 2. The number of hydrogen-bond donors (Lipinski definition) is 1. The van der Waals surface area contributed by atoms with Crippen molar-refractivity contribution in [1.82, 2.24) is 9.97 Å². The van der Waals surface area contributed by atoms with Crippen molar-refractivity contribution in [3.8, 4) is 11.3 Å². The first kappa shape index (κ1) is 14.2. The van der Waals surface area contributed by atoms with E-state index in [0.717, 1.165) is 19.8 Å². The van der Waals surface area contributed by atoms with Crippen molar-refractivity contribution in [3.05, 3.63) is 51.2 Å². The smallest absolute Gasteiger partial charge is 0.242 e. The van der Waals surface area contributed by atoms with Crippen LogP contribution in [0.2, 0.25) is 0 Å². The molecule has 1 N–H and O–H groups in total. The van der Waals surface area contributed by atoms with E-state index in [0.29, 0.717) is 17.5 Å². The summed E-state index contributed by atoms with van der Waals surface area (Å²) >= 11 is 6.91. The highest BCUT2D eigenvalue weighted by Crippen LogP contribution is 2.38. The van der Waals surface area contributed by atoms with Gasteiger partial charge in [-0.25, -0.2) is 0 Å². The van der Waals surface area contributed by atoms with Gasteiger partial charge in [0, 0.05) is 31.6 Å². The van der Waals surface area contributed by atoms with Crippen LogP contribution in [0, 0.1) is 0 Å². The molecule has 0 aliphatic rings. The van der Waals surface area contributed by atoms with Gasteiger partial charge in [-0.05, 0) is 24.3 Å². The quantitative estimate of drug-likeness (QED) is 0.403. The van der Waals surface area contributed by atoms with E-state index in [1.165, 1.54) is 0 Å². The molecular weight excluding hydrogens is 400 g/mol. The number of aldehydes is 1. The van der Waals surface area contributed by atoms with Crippen LogP contribution in [0.1, 0.15) is 10.5 Å². The van der Waals surface area contributed by atoms with Crippen LogP contribution in [-0.4, -0.2) is 22.0 Å². The minimum absolute atomic E-state index is 0.248. The number of halogens is 2. The first-order chi connectivity index (χ1) is 10.1. The molecule has 0 aliphatic heterocycles. The lowest BCUT2D eigenvalue weighted by molar-refractivity contribution is -0.104. The summed E-state index contributed by atoms with van der Waals surface area (Å²) in [5, 5.41) is 0.821. The molecule has 0 fully saturated rings. The number of benzene rings is 1. The van der Waals surface area contributed by atoms with Crippen molar-refractivity contribution in [2.24, 2.45) is 0 Å². The van der Waals surface area contributed by atoms with Crippen molar-refractivity contribution < 1.29 is 9.59 Å². The Labute approximate surface area is 136 Å². The highest BCUT2D eigenvalue weighted by molar-refractivity contribution is 9.11. The lowest BCUT2D eigenvalue weighted by Crippen LogP contribution is -2.02. The second-order valence-corrected chi connectivity index (χ2v) is 6.15. The van der Waals surface area contributed by atoms with Crippen LogP contribution in [0.5, 0.6) is 0 Å². The molecule has 0 unspecified atom stereocenters. The number of aromatic amines is 1.